The molecule has 2 heterocycles. The van der Waals surface area contributed by atoms with Crippen LogP contribution in [0.4, 0.5) is 10.8 Å². The Balaban J connectivity index is 1.52. The quantitative estimate of drug-likeness (QED) is 0.585. The van der Waals surface area contributed by atoms with Crippen LogP contribution in [-0.2, 0) is 11.3 Å². The number of carbonyl (C=O) groups is 1. The van der Waals surface area contributed by atoms with E-state index >= 15 is 0 Å². The highest BCUT2D eigenvalue weighted by Gasteiger charge is 2.14. The van der Waals surface area contributed by atoms with Gasteiger partial charge in [-0.2, -0.15) is 0 Å². The summed E-state index contributed by atoms with van der Waals surface area (Å²) in [6, 6.07) is 10.00. The van der Waals surface area contributed by atoms with Crippen LogP contribution in [0.5, 0.6) is 0 Å². The Morgan fingerprint density at radius 1 is 1.22 bits per heavy atom. The predicted molar refractivity (Wildman–Crippen MR) is 110 cm³/mol. The molecule has 8 heteroatoms. The number of hydrogen-bond donors (Lipinski definition) is 1. The molecule has 3 rings (SSSR count). The van der Waals surface area contributed by atoms with Gasteiger partial charge in [-0.05, 0) is 44.5 Å². The maximum atomic E-state index is 12.3. The highest BCUT2D eigenvalue weighted by atomic mass is 32.2. The molecular weight excluding hydrogens is 380 g/mol. The molecule has 1 N–H and O–H groups in total. The summed E-state index contributed by atoms with van der Waals surface area (Å²) in [5, 5.41) is 12.3. The van der Waals surface area contributed by atoms with Crippen LogP contribution in [0.3, 0.4) is 0 Å². The lowest BCUT2D eigenvalue weighted by Gasteiger charge is -2.14. The van der Waals surface area contributed by atoms with Crippen LogP contribution in [0, 0.1) is 20.8 Å². The van der Waals surface area contributed by atoms with Gasteiger partial charge in [0.15, 0.2) is 4.34 Å². The summed E-state index contributed by atoms with van der Waals surface area (Å²) in [5.41, 5.74) is 3.39. The Labute approximate surface area is 167 Å². The third-order valence-electron chi connectivity index (χ3n) is 3.96. The van der Waals surface area contributed by atoms with Crippen LogP contribution < -0.4 is 5.32 Å². The summed E-state index contributed by atoms with van der Waals surface area (Å²) < 4.78 is 6.28. The minimum Gasteiger partial charge on any atom is -0.464 e. The van der Waals surface area contributed by atoms with Crippen molar-refractivity contribution in [3.05, 3.63) is 53.0 Å². The largest absolute Gasteiger partial charge is 0.464 e. The molecule has 0 atom stereocenters. The van der Waals surface area contributed by atoms with E-state index in [2.05, 4.69) is 41.5 Å². The molecule has 142 valence electrons. The van der Waals surface area contributed by atoms with Crippen LogP contribution in [0.25, 0.3) is 0 Å². The molecule has 0 saturated carbocycles. The van der Waals surface area contributed by atoms with Crippen molar-refractivity contribution in [3.8, 4) is 0 Å². The lowest BCUT2D eigenvalue weighted by atomic mass is 10.1. The van der Waals surface area contributed by atoms with E-state index in [9.17, 15) is 4.79 Å². The molecule has 6 nitrogen and oxygen atoms in total. The molecule has 0 fully saturated rings. The maximum absolute atomic E-state index is 12.3. The van der Waals surface area contributed by atoms with Crippen molar-refractivity contribution in [1.82, 2.24) is 15.1 Å². The normalized spacial score (nSPS) is 10.8. The Kier molecular flexibility index (Phi) is 6.18. The molecule has 2 aromatic heterocycles. The van der Waals surface area contributed by atoms with Crippen LogP contribution in [0.2, 0.25) is 0 Å². The number of thioether (sulfide) groups is 1. The van der Waals surface area contributed by atoms with Crippen LogP contribution in [0.1, 0.15) is 22.6 Å². The van der Waals surface area contributed by atoms with Gasteiger partial charge in [-0.25, -0.2) is 0 Å². The molecule has 1 aromatic carbocycles. The summed E-state index contributed by atoms with van der Waals surface area (Å²) in [4.78, 5) is 14.0. The Hall–Kier alpha value is -2.32. The molecule has 0 saturated heterocycles. The molecule has 3 aromatic rings. The number of furan rings is 1. The number of rotatable bonds is 7. The fourth-order valence-corrected chi connectivity index (χ4v) is 4.22. The van der Waals surface area contributed by atoms with Gasteiger partial charge in [0.1, 0.15) is 11.5 Å². The van der Waals surface area contributed by atoms with Gasteiger partial charge in [-0.3, -0.25) is 4.79 Å². The van der Waals surface area contributed by atoms with E-state index in [0.717, 1.165) is 32.2 Å². The zero-order valence-corrected chi connectivity index (χ0v) is 17.4. The zero-order chi connectivity index (χ0) is 19.4. The minimum atomic E-state index is 0.0214. The number of aromatic nitrogens is 2. The number of aryl methyl sites for hydroxylation is 3. The Morgan fingerprint density at radius 2 is 2.04 bits per heavy atom. The van der Waals surface area contributed by atoms with E-state index in [0.29, 0.717) is 12.3 Å². The third kappa shape index (κ3) is 5.33. The number of amides is 1. The van der Waals surface area contributed by atoms with E-state index in [1.165, 1.54) is 28.7 Å². The second-order valence-electron chi connectivity index (χ2n) is 6.37. The molecular formula is C19H22N4O2S2. The highest BCUT2D eigenvalue weighted by Crippen LogP contribution is 2.29. The van der Waals surface area contributed by atoms with E-state index in [1.54, 1.807) is 11.9 Å². The van der Waals surface area contributed by atoms with Gasteiger partial charge in [-0.1, -0.05) is 40.8 Å². The smallest absolute Gasteiger partial charge is 0.233 e. The molecule has 27 heavy (non-hydrogen) atoms. The molecule has 0 bridgehead atoms. The monoisotopic (exact) mass is 402 g/mol. The number of anilines is 2. The van der Waals surface area contributed by atoms with Gasteiger partial charge in [0, 0.05) is 12.7 Å². The van der Waals surface area contributed by atoms with E-state index in [4.69, 9.17) is 4.42 Å². The fraction of sp³-hybridized carbons (Fsp3) is 0.316. The first-order chi connectivity index (χ1) is 12.9. The SMILES string of the molecule is Cc1ccc(Nc2nnc(SCC(=O)N(C)Cc3ccc(C)o3)s2)c(C)c1. The molecule has 0 aliphatic carbocycles. The maximum Gasteiger partial charge on any atom is 0.233 e. The van der Waals surface area contributed by atoms with Gasteiger partial charge < -0.3 is 14.6 Å². The summed E-state index contributed by atoms with van der Waals surface area (Å²) in [6.45, 7) is 6.47. The topological polar surface area (TPSA) is 71.3 Å². The first-order valence-electron chi connectivity index (χ1n) is 8.50. The first-order valence-corrected chi connectivity index (χ1v) is 10.3. The Morgan fingerprint density at radius 3 is 2.74 bits per heavy atom. The molecule has 0 spiro atoms. The predicted octanol–water partition coefficient (Wildman–Crippen LogP) is 4.55. The van der Waals surface area contributed by atoms with Gasteiger partial charge >= 0.3 is 0 Å². The average molecular weight is 403 g/mol. The van der Waals surface area contributed by atoms with Crippen LogP contribution in [-0.4, -0.2) is 33.8 Å². The van der Waals surface area contributed by atoms with Crippen molar-refractivity contribution in [2.24, 2.45) is 0 Å². The van der Waals surface area contributed by atoms with Crippen molar-refractivity contribution >= 4 is 39.8 Å². The number of benzene rings is 1. The molecule has 0 radical (unpaired) electrons. The second kappa shape index (κ2) is 8.58. The van der Waals surface area contributed by atoms with E-state index in [-0.39, 0.29) is 5.91 Å². The van der Waals surface area contributed by atoms with Gasteiger partial charge in [0.05, 0.1) is 12.3 Å². The van der Waals surface area contributed by atoms with E-state index in [1.807, 2.05) is 25.1 Å². The van der Waals surface area contributed by atoms with Crippen molar-refractivity contribution in [2.75, 3.05) is 18.1 Å². The lowest BCUT2D eigenvalue weighted by molar-refractivity contribution is -0.127. The van der Waals surface area contributed by atoms with Gasteiger partial charge in [0.2, 0.25) is 11.0 Å². The second-order valence-corrected chi connectivity index (χ2v) is 8.57. The summed E-state index contributed by atoms with van der Waals surface area (Å²) >= 11 is 2.84. The third-order valence-corrected chi connectivity index (χ3v) is 5.92. The van der Waals surface area contributed by atoms with Gasteiger partial charge in [-0.15, -0.1) is 10.2 Å². The number of hydrogen-bond acceptors (Lipinski definition) is 7. The lowest BCUT2D eigenvalue weighted by Crippen LogP contribution is -2.27. The number of nitrogens with zero attached hydrogens (tertiary/aromatic N) is 3. The highest BCUT2D eigenvalue weighted by molar-refractivity contribution is 8.01. The standard InChI is InChI=1S/C19H22N4O2S2/c1-12-5-8-16(13(2)9-12)20-18-21-22-19(27-18)26-11-17(24)23(4)10-15-7-6-14(3)25-15/h5-9H,10-11H2,1-4H3,(H,20,21). The summed E-state index contributed by atoms with van der Waals surface area (Å²) in [7, 11) is 1.77. The van der Waals surface area contributed by atoms with Crippen molar-refractivity contribution < 1.29 is 9.21 Å². The summed E-state index contributed by atoms with van der Waals surface area (Å²) in [5.74, 6) is 1.96. The zero-order valence-electron chi connectivity index (χ0n) is 15.8. The molecule has 1 amide bonds. The number of nitrogens with one attached hydrogen (secondary N) is 1. The van der Waals surface area contributed by atoms with E-state index < -0.39 is 0 Å². The molecule has 0 aliphatic heterocycles. The molecule has 0 aliphatic rings. The average Bonchev–Trinajstić information content (AvgIpc) is 3.24. The van der Waals surface area contributed by atoms with Crippen molar-refractivity contribution in [3.63, 3.8) is 0 Å². The minimum absolute atomic E-state index is 0.0214. The fourth-order valence-electron chi connectivity index (χ4n) is 2.51. The van der Waals surface area contributed by atoms with Crippen LogP contribution in [0.15, 0.2) is 39.1 Å². The Bertz CT molecular complexity index is 935. The molecule has 0 unspecified atom stereocenters. The number of carbonyl (C=O) groups excluding carboxylic acids is 1. The van der Waals surface area contributed by atoms with Crippen molar-refractivity contribution in [1.29, 1.82) is 0 Å². The first kappa shape index (κ1) is 19.4. The summed E-state index contributed by atoms with van der Waals surface area (Å²) in [6.07, 6.45) is 0. The van der Waals surface area contributed by atoms with Crippen LogP contribution >= 0.6 is 23.1 Å². The van der Waals surface area contributed by atoms with Crippen molar-refractivity contribution in [2.45, 2.75) is 31.7 Å². The van der Waals surface area contributed by atoms with Gasteiger partial charge in [0.25, 0.3) is 0 Å².